The monoisotopic (exact) mass is 377 g/mol. The fourth-order valence-corrected chi connectivity index (χ4v) is 4.86. The number of nitrogens with zero attached hydrogens (tertiary/aromatic N) is 2. The third-order valence-corrected chi connectivity index (χ3v) is 6.79. The van der Waals surface area contributed by atoms with Crippen molar-refractivity contribution in [3.8, 4) is 0 Å². The number of fused-ring (bicyclic) bond motifs is 1. The fraction of sp³-hybridized carbons (Fsp3) is 0.444. The lowest BCUT2D eigenvalue weighted by Gasteiger charge is -2.34. The summed E-state index contributed by atoms with van der Waals surface area (Å²) in [4.78, 5) is 25.1. The van der Waals surface area contributed by atoms with Gasteiger partial charge in [0.2, 0.25) is 21.8 Å². The molecule has 1 aromatic rings. The molecular weight excluding hydrogens is 354 g/mol. The maximum Gasteiger partial charge on any atom is 0.243 e. The fourth-order valence-electron chi connectivity index (χ4n) is 3.38. The molecule has 140 valence electrons. The van der Waals surface area contributed by atoms with Crippen LogP contribution in [0.5, 0.6) is 0 Å². The van der Waals surface area contributed by atoms with E-state index >= 15 is 0 Å². The normalized spacial score (nSPS) is 17.6. The molecule has 1 aliphatic carbocycles. The third kappa shape index (κ3) is 3.81. The van der Waals surface area contributed by atoms with Crippen LogP contribution in [0.3, 0.4) is 0 Å². The van der Waals surface area contributed by atoms with Crippen LogP contribution in [0.1, 0.15) is 17.5 Å². The lowest BCUT2D eigenvalue weighted by Crippen LogP contribution is -2.52. The zero-order chi connectivity index (χ0) is 18.7. The molecule has 1 aromatic carbocycles. The highest BCUT2D eigenvalue weighted by atomic mass is 32.2. The van der Waals surface area contributed by atoms with Gasteiger partial charge in [0.1, 0.15) is 0 Å². The molecule has 1 aliphatic heterocycles. The van der Waals surface area contributed by atoms with E-state index in [-0.39, 0.29) is 25.5 Å². The van der Waals surface area contributed by atoms with E-state index in [0.717, 1.165) is 30.9 Å². The molecule has 1 fully saturated rings. The smallest absolute Gasteiger partial charge is 0.243 e. The van der Waals surface area contributed by atoms with Gasteiger partial charge in [0.25, 0.3) is 0 Å². The van der Waals surface area contributed by atoms with Gasteiger partial charge < -0.3 is 10.2 Å². The maximum atomic E-state index is 12.9. The van der Waals surface area contributed by atoms with Crippen LogP contribution in [-0.4, -0.2) is 62.2 Å². The molecule has 7 nitrogen and oxygen atoms in total. The van der Waals surface area contributed by atoms with E-state index in [0.29, 0.717) is 18.0 Å². The molecule has 1 heterocycles. The summed E-state index contributed by atoms with van der Waals surface area (Å²) in [7, 11) is -3.55. The SMILES string of the molecule is C=CC(=O)NCC(=O)N1CCN(S(=O)(=O)c2ccc3c(c2)CCC3)CC1. The van der Waals surface area contributed by atoms with Crippen LogP contribution in [0.25, 0.3) is 0 Å². The topological polar surface area (TPSA) is 86.8 Å². The van der Waals surface area contributed by atoms with Crippen molar-refractivity contribution in [2.75, 3.05) is 32.7 Å². The second kappa shape index (κ2) is 7.59. The van der Waals surface area contributed by atoms with Crippen molar-refractivity contribution in [1.82, 2.24) is 14.5 Å². The summed E-state index contributed by atoms with van der Waals surface area (Å²) in [5.74, 6) is -0.633. The molecule has 8 heteroatoms. The van der Waals surface area contributed by atoms with Crippen molar-refractivity contribution in [2.45, 2.75) is 24.2 Å². The van der Waals surface area contributed by atoms with Gasteiger partial charge in [-0.15, -0.1) is 0 Å². The molecule has 0 unspecified atom stereocenters. The van der Waals surface area contributed by atoms with E-state index < -0.39 is 15.9 Å². The summed E-state index contributed by atoms with van der Waals surface area (Å²) in [6, 6.07) is 5.39. The summed E-state index contributed by atoms with van der Waals surface area (Å²) in [6.07, 6.45) is 4.12. The van der Waals surface area contributed by atoms with Gasteiger partial charge in [0, 0.05) is 26.2 Å². The first kappa shape index (κ1) is 18.6. The second-order valence-electron chi connectivity index (χ2n) is 6.49. The minimum Gasteiger partial charge on any atom is -0.343 e. The average Bonchev–Trinajstić information content (AvgIpc) is 3.13. The minimum absolute atomic E-state index is 0.109. The molecule has 0 bridgehead atoms. The Kier molecular flexibility index (Phi) is 5.43. The number of hydrogen-bond acceptors (Lipinski definition) is 4. The highest BCUT2D eigenvalue weighted by Gasteiger charge is 2.30. The van der Waals surface area contributed by atoms with Crippen molar-refractivity contribution >= 4 is 21.8 Å². The standard InChI is InChI=1S/C18H23N3O4S/c1-2-17(22)19-13-18(23)20-8-10-21(11-9-20)26(24,25)16-7-6-14-4-3-5-15(14)12-16/h2,6-7,12H,1,3-5,8-11,13H2,(H,19,22). The summed E-state index contributed by atoms with van der Waals surface area (Å²) < 4.78 is 27.2. The molecule has 1 N–H and O–H groups in total. The van der Waals surface area contributed by atoms with Gasteiger partial charge >= 0.3 is 0 Å². The van der Waals surface area contributed by atoms with E-state index in [1.807, 2.05) is 6.07 Å². The molecule has 0 radical (unpaired) electrons. The van der Waals surface area contributed by atoms with Crippen LogP contribution in [0.2, 0.25) is 0 Å². The summed E-state index contributed by atoms with van der Waals surface area (Å²) in [5, 5.41) is 2.44. The second-order valence-corrected chi connectivity index (χ2v) is 8.43. The van der Waals surface area contributed by atoms with Crippen molar-refractivity contribution in [2.24, 2.45) is 0 Å². The van der Waals surface area contributed by atoms with Crippen molar-refractivity contribution in [3.63, 3.8) is 0 Å². The van der Waals surface area contributed by atoms with E-state index in [4.69, 9.17) is 0 Å². The molecule has 0 spiro atoms. The molecule has 2 aliphatic rings. The van der Waals surface area contributed by atoms with E-state index in [1.54, 1.807) is 17.0 Å². The molecule has 0 aromatic heterocycles. The van der Waals surface area contributed by atoms with Crippen LogP contribution >= 0.6 is 0 Å². The Morgan fingerprint density at radius 3 is 2.50 bits per heavy atom. The van der Waals surface area contributed by atoms with Crippen LogP contribution < -0.4 is 5.32 Å². The van der Waals surface area contributed by atoms with Crippen LogP contribution in [0.4, 0.5) is 0 Å². The number of aryl methyl sites for hydroxylation is 2. The van der Waals surface area contributed by atoms with Crippen molar-refractivity contribution in [3.05, 3.63) is 42.0 Å². The van der Waals surface area contributed by atoms with Crippen molar-refractivity contribution < 1.29 is 18.0 Å². The maximum absolute atomic E-state index is 12.9. The molecule has 2 amide bonds. The Bertz CT molecular complexity index is 827. The van der Waals surface area contributed by atoms with Crippen LogP contribution in [0.15, 0.2) is 35.7 Å². The van der Waals surface area contributed by atoms with Gasteiger partial charge in [-0.3, -0.25) is 9.59 Å². The highest BCUT2D eigenvalue weighted by molar-refractivity contribution is 7.89. The molecule has 0 atom stereocenters. The zero-order valence-electron chi connectivity index (χ0n) is 14.6. The molecule has 26 heavy (non-hydrogen) atoms. The summed E-state index contributed by atoms with van der Waals surface area (Å²) in [5.41, 5.74) is 2.36. The van der Waals surface area contributed by atoms with Crippen LogP contribution in [-0.2, 0) is 32.5 Å². The predicted octanol–water partition coefficient (Wildman–Crippen LogP) is 0.310. The highest BCUT2D eigenvalue weighted by Crippen LogP contribution is 2.26. The third-order valence-electron chi connectivity index (χ3n) is 4.90. The number of carbonyl (C=O) groups is 2. The summed E-state index contributed by atoms with van der Waals surface area (Å²) in [6.45, 7) is 4.35. The first-order valence-electron chi connectivity index (χ1n) is 8.72. The first-order valence-corrected chi connectivity index (χ1v) is 10.2. The van der Waals surface area contributed by atoms with Gasteiger partial charge in [0.15, 0.2) is 0 Å². The number of nitrogens with one attached hydrogen (secondary N) is 1. The van der Waals surface area contributed by atoms with Crippen molar-refractivity contribution in [1.29, 1.82) is 0 Å². The number of piperazine rings is 1. The Morgan fingerprint density at radius 1 is 1.12 bits per heavy atom. The molecule has 0 saturated carbocycles. The first-order chi connectivity index (χ1) is 12.4. The Morgan fingerprint density at radius 2 is 1.81 bits per heavy atom. The number of benzene rings is 1. The van der Waals surface area contributed by atoms with Gasteiger partial charge in [-0.05, 0) is 48.6 Å². The Balaban J connectivity index is 1.61. The average molecular weight is 377 g/mol. The molecule has 3 rings (SSSR count). The lowest BCUT2D eigenvalue weighted by molar-refractivity contribution is -0.133. The largest absolute Gasteiger partial charge is 0.343 e. The van der Waals surface area contributed by atoms with Crippen LogP contribution in [0, 0.1) is 0 Å². The van der Waals surface area contributed by atoms with E-state index in [1.165, 1.54) is 9.87 Å². The number of rotatable bonds is 5. The number of sulfonamides is 1. The summed E-state index contributed by atoms with van der Waals surface area (Å²) >= 11 is 0. The Hall–Kier alpha value is -2.19. The van der Waals surface area contributed by atoms with Gasteiger partial charge in [-0.25, -0.2) is 8.42 Å². The number of carbonyl (C=O) groups excluding carboxylic acids is 2. The number of amides is 2. The Labute approximate surface area is 153 Å². The molecule has 1 saturated heterocycles. The molecular formula is C18H23N3O4S. The minimum atomic E-state index is -3.55. The lowest BCUT2D eigenvalue weighted by atomic mass is 10.1. The number of hydrogen-bond donors (Lipinski definition) is 1. The van der Waals surface area contributed by atoms with E-state index in [2.05, 4.69) is 11.9 Å². The zero-order valence-corrected chi connectivity index (χ0v) is 15.4. The van der Waals surface area contributed by atoms with E-state index in [9.17, 15) is 18.0 Å². The van der Waals surface area contributed by atoms with Gasteiger partial charge in [-0.1, -0.05) is 12.6 Å². The predicted molar refractivity (Wildman–Crippen MR) is 97.0 cm³/mol. The van der Waals surface area contributed by atoms with Gasteiger partial charge in [-0.2, -0.15) is 4.31 Å². The van der Waals surface area contributed by atoms with Gasteiger partial charge in [0.05, 0.1) is 11.4 Å². The quantitative estimate of drug-likeness (QED) is 0.749.